The minimum absolute atomic E-state index is 0.0141. The van der Waals surface area contributed by atoms with Gasteiger partial charge in [0.05, 0.1) is 11.1 Å². The van der Waals surface area contributed by atoms with Gasteiger partial charge in [0.2, 0.25) is 0 Å². The maximum absolute atomic E-state index is 13.5. The smallest absolute Gasteiger partial charge is 0.142 e. The third-order valence-electron chi connectivity index (χ3n) is 3.89. The van der Waals surface area contributed by atoms with E-state index in [1.54, 1.807) is 0 Å². The second-order valence-electron chi connectivity index (χ2n) is 5.23. The molecule has 1 aromatic rings. The molecule has 2 N–H and O–H groups in total. The van der Waals surface area contributed by atoms with Gasteiger partial charge in [0.15, 0.2) is 0 Å². The molecule has 0 aliphatic carbocycles. The Kier molecular flexibility index (Phi) is 4.92. The fourth-order valence-electron chi connectivity index (χ4n) is 2.37. The van der Waals surface area contributed by atoms with E-state index in [0.717, 1.165) is 0 Å². The SMILES string of the molecule is CC(NCC1(O)CCOC1C)c1c(Cl)ccc(F)c1Cl. The lowest BCUT2D eigenvalue weighted by atomic mass is 9.96. The number of rotatable bonds is 4. The lowest BCUT2D eigenvalue weighted by Crippen LogP contribution is -2.46. The first-order chi connectivity index (χ1) is 9.35. The zero-order chi connectivity index (χ0) is 14.9. The van der Waals surface area contributed by atoms with Crippen molar-refractivity contribution >= 4 is 23.2 Å². The predicted molar refractivity (Wildman–Crippen MR) is 77.8 cm³/mol. The summed E-state index contributed by atoms with van der Waals surface area (Å²) in [5.41, 5.74) is -0.413. The van der Waals surface area contributed by atoms with Crippen LogP contribution in [0.2, 0.25) is 10.0 Å². The van der Waals surface area contributed by atoms with Crippen LogP contribution in [-0.4, -0.2) is 30.0 Å². The summed E-state index contributed by atoms with van der Waals surface area (Å²) in [4.78, 5) is 0. The van der Waals surface area contributed by atoms with E-state index < -0.39 is 11.4 Å². The first-order valence-corrected chi connectivity index (χ1v) is 7.31. The summed E-state index contributed by atoms with van der Waals surface area (Å²) in [6, 6.07) is 2.44. The fraction of sp³-hybridized carbons (Fsp3) is 0.571. The van der Waals surface area contributed by atoms with Gasteiger partial charge in [0.1, 0.15) is 11.4 Å². The number of hydrogen-bond donors (Lipinski definition) is 2. The molecule has 0 radical (unpaired) electrons. The van der Waals surface area contributed by atoms with Gasteiger partial charge in [-0.15, -0.1) is 0 Å². The van der Waals surface area contributed by atoms with Gasteiger partial charge < -0.3 is 15.2 Å². The lowest BCUT2D eigenvalue weighted by molar-refractivity contribution is -0.0274. The van der Waals surface area contributed by atoms with Gasteiger partial charge in [-0.25, -0.2) is 4.39 Å². The van der Waals surface area contributed by atoms with Crippen molar-refractivity contribution < 1.29 is 14.2 Å². The molecular formula is C14H18Cl2FNO2. The van der Waals surface area contributed by atoms with E-state index >= 15 is 0 Å². The number of halogens is 3. The van der Waals surface area contributed by atoms with Gasteiger partial charge in [0.25, 0.3) is 0 Å². The number of ether oxygens (including phenoxy) is 1. The topological polar surface area (TPSA) is 41.5 Å². The maximum Gasteiger partial charge on any atom is 0.142 e. The monoisotopic (exact) mass is 321 g/mol. The molecule has 0 saturated carbocycles. The highest BCUT2D eigenvalue weighted by Gasteiger charge is 2.39. The van der Waals surface area contributed by atoms with Crippen LogP contribution in [0.15, 0.2) is 12.1 Å². The second kappa shape index (κ2) is 6.16. The first-order valence-electron chi connectivity index (χ1n) is 6.56. The summed E-state index contributed by atoms with van der Waals surface area (Å²) in [6.45, 7) is 4.53. The van der Waals surface area contributed by atoms with Crippen LogP contribution >= 0.6 is 23.2 Å². The van der Waals surface area contributed by atoms with E-state index in [0.29, 0.717) is 30.2 Å². The minimum atomic E-state index is -0.916. The van der Waals surface area contributed by atoms with Gasteiger partial charge in [-0.3, -0.25) is 0 Å². The average molecular weight is 322 g/mol. The summed E-state index contributed by atoms with van der Waals surface area (Å²) >= 11 is 12.0. The molecule has 3 unspecified atom stereocenters. The third-order valence-corrected chi connectivity index (χ3v) is 4.60. The van der Waals surface area contributed by atoms with Gasteiger partial charge in [-0.2, -0.15) is 0 Å². The number of hydrogen-bond acceptors (Lipinski definition) is 3. The number of benzene rings is 1. The van der Waals surface area contributed by atoms with E-state index in [-0.39, 0.29) is 17.2 Å². The summed E-state index contributed by atoms with van der Waals surface area (Å²) < 4.78 is 18.9. The lowest BCUT2D eigenvalue weighted by Gasteiger charge is -2.28. The Morgan fingerprint density at radius 2 is 2.25 bits per heavy atom. The molecule has 0 spiro atoms. The number of nitrogens with one attached hydrogen (secondary N) is 1. The number of aliphatic hydroxyl groups is 1. The summed E-state index contributed by atoms with van der Waals surface area (Å²) in [5.74, 6) is -0.504. The zero-order valence-electron chi connectivity index (χ0n) is 11.4. The minimum Gasteiger partial charge on any atom is -0.386 e. The molecule has 0 aromatic heterocycles. The molecule has 20 heavy (non-hydrogen) atoms. The van der Waals surface area contributed by atoms with Gasteiger partial charge in [0, 0.05) is 36.2 Å². The van der Waals surface area contributed by atoms with Crippen LogP contribution < -0.4 is 5.32 Å². The van der Waals surface area contributed by atoms with Crippen LogP contribution in [0, 0.1) is 5.82 Å². The van der Waals surface area contributed by atoms with E-state index in [1.807, 2.05) is 13.8 Å². The maximum atomic E-state index is 13.5. The summed E-state index contributed by atoms with van der Waals surface area (Å²) in [7, 11) is 0. The Morgan fingerprint density at radius 1 is 1.55 bits per heavy atom. The van der Waals surface area contributed by atoms with Gasteiger partial charge in [-0.1, -0.05) is 23.2 Å². The van der Waals surface area contributed by atoms with Crippen LogP contribution in [0.3, 0.4) is 0 Å². The summed E-state index contributed by atoms with van der Waals surface area (Å²) in [6.07, 6.45) is 0.332. The highest BCUT2D eigenvalue weighted by atomic mass is 35.5. The van der Waals surface area contributed by atoms with E-state index in [4.69, 9.17) is 27.9 Å². The van der Waals surface area contributed by atoms with Crippen molar-refractivity contribution in [3.63, 3.8) is 0 Å². The van der Waals surface area contributed by atoms with E-state index in [9.17, 15) is 9.50 Å². The Labute approximate surface area is 128 Å². The molecule has 0 amide bonds. The predicted octanol–water partition coefficient (Wildman–Crippen LogP) is 3.32. The molecule has 0 bridgehead atoms. The highest BCUT2D eigenvalue weighted by molar-refractivity contribution is 6.36. The quantitative estimate of drug-likeness (QED) is 0.836. The standard InChI is InChI=1S/C14H18Cl2FNO2/c1-8(12-10(15)3-4-11(17)13(12)16)18-7-14(19)5-6-20-9(14)2/h3-4,8-9,18-19H,5-7H2,1-2H3. The molecule has 1 heterocycles. The van der Waals surface area contributed by atoms with E-state index in [2.05, 4.69) is 5.32 Å². The van der Waals surface area contributed by atoms with Crippen molar-refractivity contribution in [1.29, 1.82) is 0 Å². The van der Waals surface area contributed by atoms with Crippen molar-refractivity contribution in [3.05, 3.63) is 33.6 Å². The molecule has 1 saturated heterocycles. The van der Waals surface area contributed by atoms with Crippen LogP contribution in [-0.2, 0) is 4.74 Å². The van der Waals surface area contributed by atoms with Crippen molar-refractivity contribution in [1.82, 2.24) is 5.32 Å². The third kappa shape index (κ3) is 3.10. The van der Waals surface area contributed by atoms with Crippen LogP contribution in [0.5, 0.6) is 0 Å². The van der Waals surface area contributed by atoms with Crippen molar-refractivity contribution in [2.45, 2.75) is 38.0 Å². The largest absolute Gasteiger partial charge is 0.386 e. The fourth-order valence-corrected chi connectivity index (χ4v) is 3.07. The molecule has 3 nitrogen and oxygen atoms in total. The van der Waals surface area contributed by atoms with Gasteiger partial charge in [-0.05, 0) is 26.0 Å². The molecule has 1 aromatic carbocycles. The first kappa shape index (κ1) is 16.0. The van der Waals surface area contributed by atoms with Crippen LogP contribution in [0.4, 0.5) is 4.39 Å². The van der Waals surface area contributed by atoms with E-state index in [1.165, 1.54) is 12.1 Å². The molecule has 112 valence electrons. The molecule has 3 atom stereocenters. The zero-order valence-corrected chi connectivity index (χ0v) is 12.9. The molecular weight excluding hydrogens is 304 g/mol. The van der Waals surface area contributed by atoms with Crippen LogP contribution in [0.25, 0.3) is 0 Å². The second-order valence-corrected chi connectivity index (χ2v) is 6.01. The normalized spacial score (nSPS) is 27.8. The van der Waals surface area contributed by atoms with Crippen molar-refractivity contribution in [3.8, 4) is 0 Å². The molecule has 6 heteroatoms. The Hall–Kier alpha value is -0.390. The Bertz CT molecular complexity index is 500. The van der Waals surface area contributed by atoms with Crippen molar-refractivity contribution in [2.75, 3.05) is 13.2 Å². The molecule has 1 aliphatic rings. The Morgan fingerprint density at radius 3 is 2.85 bits per heavy atom. The summed E-state index contributed by atoms with van der Waals surface area (Å²) in [5, 5.41) is 14.0. The molecule has 1 aliphatic heterocycles. The van der Waals surface area contributed by atoms with Crippen molar-refractivity contribution in [2.24, 2.45) is 0 Å². The molecule has 2 rings (SSSR count). The molecule has 1 fully saturated rings. The van der Waals surface area contributed by atoms with Gasteiger partial charge >= 0.3 is 0 Å². The van der Waals surface area contributed by atoms with Crippen LogP contribution in [0.1, 0.15) is 31.9 Å². The Balaban J connectivity index is 2.09. The average Bonchev–Trinajstić information content (AvgIpc) is 2.73. The highest BCUT2D eigenvalue weighted by Crippen LogP contribution is 2.33.